The summed E-state index contributed by atoms with van der Waals surface area (Å²) in [5.41, 5.74) is 0. The van der Waals surface area contributed by atoms with E-state index >= 15 is 0 Å². The van der Waals surface area contributed by atoms with Gasteiger partial charge in [0.05, 0.1) is 12.6 Å². The summed E-state index contributed by atoms with van der Waals surface area (Å²) in [6.45, 7) is 1.69. The van der Waals surface area contributed by atoms with Gasteiger partial charge in [-0.05, 0) is 45.1 Å². The predicted molar refractivity (Wildman–Crippen MR) is 79.5 cm³/mol. The largest absolute Gasteiger partial charge is 0.424 e. The van der Waals surface area contributed by atoms with Crippen LogP contribution in [0.25, 0.3) is 0 Å². The van der Waals surface area contributed by atoms with Crippen LogP contribution in [0.5, 0.6) is 0 Å². The number of likely N-dealkylation sites (tertiary alicyclic amines) is 1. The number of aromatic nitrogens is 4. The fourth-order valence-corrected chi connectivity index (χ4v) is 3.51. The van der Waals surface area contributed by atoms with Gasteiger partial charge in [-0.2, -0.15) is 4.98 Å². The molecule has 23 heavy (non-hydrogen) atoms. The zero-order chi connectivity index (χ0) is 15.2. The summed E-state index contributed by atoms with van der Waals surface area (Å²) in [7, 11) is 0. The number of hydrogen-bond acceptors (Lipinski definition) is 7. The Morgan fingerprint density at radius 2 is 1.83 bits per heavy atom. The van der Waals surface area contributed by atoms with Gasteiger partial charge in [-0.25, -0.2) is 0 Å². The highest BCUT2D eigenvalue weighted by atomic mass is 16.5. The Morgan fingerprint density at radius 1 is 0.957 bits per heavy atom. The zero-order valence-corrected chi connectivity index (χ0v) is 13.1. The second-order valence-corrected chi connectivity index (χ2v) is 7.06. The van der Waals surface area contributed by atoms with Gasteiger partial charge in [0.1, 0.15) is 0 Å². The van der Waals surface area contributed by atoms with Crippen LogP contribution in [0.15, 0.2) is 8.94 Å². The molecule has 0 amide bonds. The molecule has 0 bridgehead atoms. The summed E-state index contributed by atoms with van der Waals surface area (Å²) in [6.07, 6.45) is 8.21. The van der Waals surface area contributed by atoms with Crippen molar-refractivity contribution < 1.29 is 8.94 Å². The first-order valence-corrected chi connectivity index (χ1v) is 8.76. The second kappa shape index (κ2) is 5.40. The molecule has 3 heterocycles. The average molecular weight is 315 g/mol. The number of rotatable bonds is 5. The average Bonchev–Trinajstić information content (AvgIpc) is 2.89. The Balaban J connectivity index is 1.29. The van der Waals surface area contributed by atoms with Gasteiger partial charge in [0, 0.05) is 11.8 Å². The molecule has 2 aliphatic carbocycles. The third-order valence-corrected chi connectivity index (χ3v) is 5.32. The van der Waals surface area contributed by atoms with Crippen LogP contribution in [0.1, 0.15) is 86.3 Å². The molecule has 2 saturated carbocycles. The Kier molecular flexibility index (Phi) is 3.21. The quantitative estimate of drug-likeness (QED) is 0.839. The number of hydrogen-bond donors (Lipinski definition) is 0. The SMILES string of the molecule is C1CC(c2nnc(CN3CCC[C@H]3c3noc(C4CC4)n3)o2)C1. The third-order valence-electron chi connectivity index (χ3n) is 5.32. The highest BCUT2D eigenvalue weighted by Gasteiger charge is 2.35. The molecular formula is C16H21N5O2. The highest BCUT2D eigenvalue weighted by molar-refractivity contribution is 5.05. The standard InChI is InChI=1S/C16H21N5O2/c1-3-10(4-1)16-19-18-13(22-16)9-21-8-2-5-12(21)14-17-15(23-20-14)11-6-7-11/h10-12H,1-9H2/t12-/m0/s1. The van der Waals surface area contributed by atoms with Crippen LogP contribution in [0.2, 0.25) is 0 Å². The van der Waals surface area contributed by atoms with Gasteiger partial charge in [-0.15, -0.1) is 10.2 Å². The fraction of sp³-hybridized carbons (Fsp3) is 0.750. The van der Waals surface area contributed by atoms with E-state index in [2.05, 4.69) is 25.2 Å². The maximum Gasteiger partial charge on any atom is 0.230 e. The number of nitrogens with zero attached hydrogens (tertiary/aromatic N) is 5. The molecule has 2 aromatic heterocycles. The van der Waals surface area contributed by atoms with Gasteiger partial charge in [-0.3, -0.25) is 4.90 Å². The smallest absolute Gasteiger partial charge is 0.230 e. The Bertz CT molecular complexity index is 688. The van der Waals surface area contributed by atoms with Gasteiger partial charge in [-0.1, -0.05) is 11.6 Å². The van der Waals surface area contributed by atoms with Gasteiger partial charge >= 0.3 is 0 Å². The molecule has 1 atom stereocenters. The van der Waals surface area contributed by atoms with Crippen molar-refractivity contribution in [2.45, 2.75) is 69.4 Å². The van der Waals surface area contributed by atoms with Gasteiger partial charge in [0.25, 0.3) is 0 Å². The van der Waals surface area contributed by atoms with Crippen molar-refractivity contribution in [2.75, 3.05) is 6.54 Å². The molecule has 0 radical (unpaired) electrons. The lowest BCUT2D eigenvalue weighted by atomic mass is 9.85. The Hall–Kier alpha value is -1.76. The van der Waals surface area contributed by atoms with Crippen LogP contribution in [0, 0.1) is 0 Å². The summed E-state index contributed by atoms with van der Waals surface area (Å²) < 4.78 is 11.3. The normalized spacial score (nSPS) is 25.8. The second-order valence-electron chi connectivity index (χ2n) is 7.06. The molecule has 2 aromatic rings. The molecule has 3 fully saturated rings. The lowest BCUT2D eigenvalue weighted by Crippen LogP contribution is -2.23. The highest BCUT2D eigenvalue weighted by Crippen LogP contribution is 2.40. The molecule has 7 nitrogen and oxygen atoms in total. The molecule has 1 aliphatic heterocycles. The maximum atomic E-state index is 5.86. The molecule has 0 spiro atoms. The van der Waals surface area contributed by atoms with Crippen LogP contribution in [-0.4, -0.2) is 31.8 Å². The van der Waals surface area contributed by atoms with Crippen molar-refractivity contribution >= 4 is 0 Å². The van der Waals surface area contributed by atoms with Crippen molar-refractivity contribution in [2.24, 2.45) is 0 Å². The molecule has 122 valence electrons. The molecule has 5 rings (SSSR count). The maximum absolute atomic E-state index is 5.86. The van der Waals surface area contributed by atoms with E-state index in [1.165, 1.54) is 32.1 Å². The predicted octanol–water partition coefficient (Wildman–Crippen LogP) is 2.93. The molecule has 3 aliphatic rings. The van der Waals surface area contributed by atoms with Gasteiger partial charge < -0.3 is 8.94 Å². The van der Waals surface area contributed by atoms with Crippen LogP contribution in [-0.2, 0) is 6.54 Å². The molecule has 1 saturated heterocycles. The molecular weight excluding hydrogens is 294 g/mol. The minimum atomic E-state index is 0.213. The summed E-state index contributed by atoms with van der Waals surface area (Å²) >= 11 is 0. The topological polar surface area (TPSA) is 81.1 Å². The van der Waals surface area contributed by atoms with Crippen molar-refractivity contribution in [1.82, 2.24) is 25.2 Å². The van der Waals surface area contributed by atoms with Crippen molar-refractivity contribution in [3.63, 3.8) is 0 Å². The fourth-order valence-electron chi connectivity index (χ4n) is 3.51. The monoisotopic (exact) mass is 315 g/mol. The van der Waals surface area contributed by atoms with Crippen molar-refractivity contribution in [3.05, 3.63) is 23.5 Å². The van der Waals surface area contributed by atoms with Crippen molar-refractivity contribution in [1.29, 1.82) is 0 Å². The van der Waals surface area contributed by atoms with E-state index in [1.807, 2.05) is 0 Å². The summed E-state index contributed by atoms with van der Waals surface area (Å²) in [5, 5.41) is 12.7. The van der Waals surface area contributed by atoms with Crippen LogP contribution < -0.4 is 0 Å². The lowest BCUT2D eigenvalue weighted by Gasteiger charge is -2.21. The van der Waals surface area contributed by atoms with E-state index in [1.54, 1.807) is 0 Å². The first-order chi connectivity index (χ1) is 11.4. The van der Waals surface area contributed by atoms with E-state index in [0.29, 0.717) is 24.3 Å². The summed E-state index contributed by atoms with van der Waals surface area (Å²) in [4.78, 5) is 6.95. The van der Waals surface area contributed by atoms with Crippen LogP contribution >= 0.6 is 0 Å². The van der Waals surface area contributed by atoms with E-state index in [-0.39, 0.29) is 6.04 Å². The van der Waals surface area contributed by atoms with Gasteiger partial charge in [0.2, 0.25) is 17.7 Å². The van der Waals surface area contributed by atoms with Crippen molar-refractivity contribution in [3.8, 4) is 0 Å². The summed E-state index contributed by atoms with van der Waals surface area (Å²) in [5.74, 6) is 4.17. The molecule has 0 N–H and O–H groups in total. The zero-order valence-electron chi connectivity index (χ0n) is 13.1. The minimum Gasteiger partial charge on any atom is -0.424 e. The lowest BCUT2D eigenvalue weighted by molar-refractivity contribution is 0.206. The van der Waals surface area contributed by atoms with E-state index < -0.39 is 0 Å². The van der Waals surface area contributed by atoms with Crippen LogP contribution in [0.4, 0.5) is 0 Å². The Labute approximate surface area is 134 Å². The Morgan fingerprint density at radius 3 is 2.61 bits per heavy atom. The first kappa shape index (κ1) is 13.7. The summed E-state index contributed by atoms with van der Waals surface area (Å²) in [6, 6.07) is 0.213. The van der Waals surface area contributed by atoms with Gasteiger partial charge in [0.15, 0.2) is 5.82 Å². The first-order valence-electron chi connectivity index (χ1n) is 8.76. The van der Waals surface area contributed by atoms with Crippen LogP contribution in [0.3, 0.4) is 0 Å². The third kappa shape index (κ3) is 2.56. The minimum absolute atomic E-state index is 0.213. The molecule has 0 unspecified atom stereocenters. The molecule has 7 heteroatoms. The van der Waals surface area contributed by atoms with E-state index in [4.69, 9.17) is 8.94 Å². The van der Waals surface area contributed by atoms with E-state index in [9.17, 15) is 0 Å². The molecule has 0 aromatic carbocycles. The van der Waals surface area contributed by atoms with E-state index in [0.717, 1.165) is 37.0 Å².